The summed E-state index contributed by atoms with van der Waals surface area (Å²) in [5.41, 5.74) is 1.32. The molecule has 0 bridgehead atoms. The summed E-state index contributed by atoms with van der Waals surface area (Å²) in [5, 5.41) is 0.609. The van der Waals surface area contributed by atoms with Gasteiger partial charge in [0.1, 0.15) is 12.4 Å². The number of furan rings is 1. The van der Waals surface area contributed by atoms with E-state index >= 15 is 0 Å². The minimum atomic E-state index is -0.507. The average molecular weight is 457 g/mol. The van der Waals surface area contributed by atoms with Gasteiger partial charge in [-0.15, -0.1) is 0 Å². The monoisotopic (exact) mass is 456 g/mol. The maximum absolute atomic E-state index is 14.0. The molecule has 0 saturated carbocycles. The lowest BCUT2D eigenvalue weighted by molar-refractivity contribution is -0.132. The summed E-state index contributed by atoms with van der Waals surface area (Å²) < 4.78 is 25.2. The Balaban J connectivity index is 1.53. The minimum Gasteiger partial charge on any atom is -0.459 e. The Morgan fingerprint density at radius 2 is 1.88 bits per heavy atom. The van der Waals surface area contributed by atoms with E-state index in [-0.39, 0.29) is 43.7 Å². The van der Waals surface area contributed by atoms with Gasteiger partial charge >= 0.3 is 0 Å². The molecular formula is C24H22ClFN2O4. The van der Waals surface area contributed by atoms with Crippen LogP contribution >= 0.6 is 11.6 Å². The first kappa shape index (κ1) is 22.0. The number of benzene rings is 2. The topological polar surface area (TPSA) is 63.0 Å². The molecular weight excluding hydrogens is 435 g/mol. The lowest BCUT2D eigenvalue weighted by Crippen LogP contribution is -2.39. The number of hydrogen-bond donors (Lipinski definition) is 0. The summed E-state index contributed by atoms with van der Waals surface area (Å²) in [5.74, 6) is -0.816. The summed E-state index contributed by atoms with van der Waals surface area (Å²) in [7, 11) is 0. The average Bonchev–Trinajstić information content (AvgIpc) is 3.28. The fourth-order valence-electron chi connectivity index (χ4n) is 3.58. The smallest absolute Gasteiger partial charge is 0.290 e. The van der Waals surface area contributed by atoms with Crippen molar-refractivity contribution in [2.45, 2.75) is 19.3 Å². The summed E-state index contributed by atoms with van der Waals surface area (Å²) in [6.45, 7) is 0.711. The number of ether oxygens (including phenoxy) is 1. The van der Waals surface area contributed by atoms with Gasteiger partial charge in [-0.3, -0.25) is 9.59 Å². The first-order valence-corrected chi connectivity index (χ1v) is 10.6. The van der Waals surface area contributed by atoms with E-state index in [1.54, 1.807) is 47.4 Å². The number of carbonyl (C=O) groups excluding carboxylic acids is 2. The van der Waals surface area contributed by atoms with E-state index in [4.69, 9.17) is 20.8 Å². The number of halogens is 2. The Morgan fingerprint density at radius 3 is 2.59 bits per heavy atom. The van der Waals surface area contributed by atoms with E-state index in [9.17, 15) is 14.0 Å². The molecule has 0 aliphatic carbocycles. The molecule has 32 heavy (non-hydrogen) atoms. The van der Waals surface area contributed by atoms with Crippen molar-refractivity contribution < 1.29 is 23.1 Å². The van der Waals surface area contributed by atoms with Crippen molar-refractivity contribution in [3.05, 3.63) is 94.7 Å². The van der Waals surface area contributed by atoms with Crippen LogP contribution in [0.25, 0.3) is 0 Å². The molecule has 2 heterocycles. The molecule has 1 fully saturated rings. The molecule has 1 saturated heterocycles. The molecule has 1 atom stereocenters. The van der Waals surface area contributed by atoms with Crippen molar-refractivity contribution in [1.29, 1.82) is 0 Å². The van der Waals surface area contributed by atoms with Gasteiger partial charge in [0, 0.05) is 30.2 Å². The van der Waals surface area contributed by atoms with Crippen molar-refractivity contribution >= 4 is 23.4 Å². The number of carbonyl (C=O) groups is 2. The quantitative estimate of drug-likeness (QED) is 0.559. The number of hydrogen-bond acceptors (Lipinski definition) is 4. The van der Waals surface area contributed by atoms with Gasteiger partial charge in [0.05, 0.1) is 19.0 Å². The molecule has 1 aromatic heterocycles. The highest BCUT2D eigenvalue weighted by molar-refractivity contribution is 6.30. The Bertz CT molecular complexity index is 1070. The summed E-state index contributed by atoms with van der Waals surface area (Å²) >= 11 is 5.96. The van der Waals surface area contributed by atoms with Gasteiger partial charge in [0.15, 0.2) is 5.76 Å². The zero-order valence-corrected chi connectivity index (χ0v) is 18.0. The van der Waals surface area contributed by atoms with Crippen LogP contribution in [-0.2, 0) is 22.7 Å². The predicted octanol–water partition coefficient (Wildman–Crippen LogP) is 4.14. The third-order valence-electron chi connectivity index (χ3n) is 5.27. The van der Waals surface area contributed by atoms with Crippen LogP contribution in [0.1, 0.15) is 21.7 Å². The van der Waals surface area contributed by atoms with Crippen molar-refractivity contribution in [1.82, 2.24) is 9.80 Å². The maximum Gasteiger partial charge on any atom is 0.290 e. The fourth-order valence-corrected chi connectivity index (χ4v) is 3.71. The summed E-state index contributed by atoms with van der Waals surface area (Å²) in [6.07, 6.45) is 0.901. The van der Waals surface area contributed by atoms with Gasteiger partial charge in [-0.2, -0.15) is 0 Å². The second-order valence-electron chi connectivity index (χ2n) is 7.59. The third kappa shape index (κ3) is 5.36. The number of amides is 2. The van der Waals surface area contributed by atoms with Crippen LogP contribution in [0.3, 0.4) is 0 Å². The Labute approximate surface area is 190 Å². The van der Waals surface area contributed by atoms with Crippen molar-refractivity contribution in [2.24, 2.45) is 0 Å². The van der Waals surface area contributed by atoms with E-state index in [1.807, 2.05) is 12.1 Å². The highest BCUT2D eigenvalue weighted by Gasteiger charge is 2.32. The van der Waals surface area contributed by atoms with Gasteiger partial charge in [-0.1, -0.05) is 41.9 Å². The van der Waals surface area contributed by atoms with Crippen molar-refractivity contribution in [3.63, 3.8) is 0 Å². The van der Waals surface area contributed by atoms with Gasteiger partial charge < -0.3 is 19.0 Å². The summed E-state index contributed by atoms with van der Waals surface area (Å²) in [4.78, 5) is 28.9. The molecule has 1 aliphatic heterocycles. The van der Waals surface area contributed by atoms with E-state index in [1.165, 1.54) is 17.2 Å². The molecule has 0 radical (unpaired) electrons. The van der Waals surface area contributed by atoms with Crippen LogP contribution in [0, 0.1) is 5.82 Å². The lowest BCUT2D eigenvalue weighted by atomic mass is 10.2. The first-order valence-electron chi connectivity index (χ1n) is 10.2. The molecule has 1 aliphatic rings. The zero-order chi connectivity index (χ0) is 22.5. The van der Waals surface area contributed by atoms with E-state index in [2.05, 4.69) is 0 Å². The maximum atomic E-state index is 14.0. The number of rotatable bonds is 6. The van der Waals surface area contributed by atoms with Crippen LogP contribution in [0.5, 0.6) is 0 Å². The van der Waals surface area contributed by atoms with Crippen LogP contribution in [0.4, 0.5) is 4.39 Å². The van der Waals surface area contributed by atoms with Crippen LogP contribution in [0.15, 0.2) is 71.3 Å². The largest absolute Gasteiger partial charge is 0.459 e. The van der Waals surface area contributed by atoms with Gasteiger partial charge in [-0.05, 0) is 35.9 Å². The second kappa shape index (κ2) is 9.97. The highest BCUT2D eigenvalue weighted by Crippen LogP contribution is 2.18. The molecule has 4 rings (SSSR count). The SMILES string of the molecule is O=C1CN(C(=O)c2ccco2)CC(OCc2ccccc2F)CN1Cc1ccc(Cl)cc1. The van der Waals surface area contributed by atoms with Crippen LogP contribution in [-0.4, -0.2) is 47.4 Å². The molecule has 0 N–H and O–H groups in total. The standard InChI is InChI=1S/C24H22ClFN2O4/c25-19-9-7-17(8-10-19)12-27-13-20(32-16-18-4-1-2-5-21(18)26)14-28(15-23(27)29)24(30)22-6-3-11-31-22/h1-11,20H,12-16H2. The minimum absolute atomic E-state index is 0.0309. The van der Waals surface area contributed by atoms with Crippen molar-refractivity contribution in [3.8, 4) is 0 Å². The Kier molecular flexibility index (Phi) is 6.87. The normalized spacial score (nSPS) is 16.8. The zero-order valence-electron chi connectivity index (χ0n) is 17.2. The van der Waals surface area contributed by atoms with Gasteiger partial charge in [0.2, 0.25) is 5.91 Å². The third-order valence-corrected chi connectivity index (χ3v) is 5.52. The molecule has 1 unspecified atom stereocenters. The van der Waals surface area contributed by atoms with Crippen LogP contribution < -0.4 is 0 Å². The Hall–Kier alpha value is -3.16. The van der Waals surface area contributed by atoms with E-state index < -0.39 is 12.0 Å². The van der Waals surface area contributed by atoms with Crippen molar-refractivity contribution in [2.75, 3.05) is 19.6 Å². The highest BCUT2D eigenvalue weighted by atomic mass is 35.5. The molecule has 2 aromatic carbocycles. The molecule has 6 nitrogen and oxygen atoms in total. The first-order chi connectivity index (χ1) is 15.5. The van der Waals surface area contributed by atoms with E-state index in [0.29, 0.717) is 17.1 Å². The number of nitrogens with zero attached hydrogens (tertiary/aromatic N) is 2. The molecule has 8 heteroatoms. The lowest BCUT2D eigenvalue weighted by Gasteiger charge is -2.25. The molecule has 2 amide bonds. The fraction of sp³-hybridized carbons (Fsp3) is 0.250. The van der Waals surface area contributed by atoms with Gasteiger partial charge in [-0.25, -0.2) is 4.39 Å². The van der Waals surface area contributed by atoms with Crippen LogP contribution in [0.2, 0.25) is 5.02 Å². The Morgan fingerprint density at radius 1 is 1.09 bits per heavy atom. The molecule has 3 aromatic rings. The predicted molar refractivity (Wildman–Crippen MR) is 116 cm³/mol. The molecule has 166 valence electrons. The molecule has 0 spiro atoms. The van der Waals surface area contributed by atoms with E-state index in [0.717, 1.165) is 5.56 Å². The van der Waals surface area contributed by atoms with Gasteiger partial charge in [0.25, 0.3) is 5.91 Å². The second-order valence-corrected chi connectivity index (χ2v) is 8.02. The summed E-state index contributed by atoms with van der Waals surface area (Å²) in [6, 6.07) is 16.8.